The minimum absolute atomic E-state index is 0.117. The zero-order valence-corrected chi connectivity index (χ0v) is 12.0. The van der Waals surface area contributed by atoms with Gasteiger partial charge < -0.3 is 14.9 Å². The van der Waals surface area contributed by atoms with Crippen molar-refractivity contribution in [3.05, 3.63) is 11.1 Å². The molecular weight excluding hydrogens is 232 g/mol. The Labute approximate surface area is 109 Å². The Balaban J connectivity index is 4.85. The molecule has 0 heterocycles. The van der Waals surface area contributed by atoms with Crippen molar-refractivity contribution in [1.29, 1.82) is 0 Å². The van der Waals surface area contributed by atoms with E-state index in [1.165, 1.54) is 6.92 Å². The molecule has 0 aliphatic rings. The highest BCUT2D eigenvalue weighted by atomic mass is 16.4. The molecule has 1 N–H and O–H groups in total. The maximum atomic E-state index is 12.2. The van der Waals surface area contributed by atoms with Gasteiger partial charge in [-0.15, -0.1) is 0 Å². The number of carboxylic acid groups (broad SMARTS) is 1. The first-order chi connectivity index (χ1) is 8.31. The number of carbonyl (C=O) groups excluding carboxylic acids is 1. The number of hydrogen-bond acceptors (Lipinski definition) is 3. The van der Waals surface area contributed by atoms with Crippen LogP contribution in [0.25, 0.3) is 0 Å². The second-order valence-electron chi connectivity index (χ2n) is 4.65. The van der Waals surface area contributed by atoms with Crippen molar-refractivity contribution in [2.75, 3.05) is 33.7 Å². The normalized spacial score (nSPS) is 12.3. The monoisotopic (exact) mass is 256 g/mol. The van der Waals surface area contributed by atoms with Gasteiger partial charge in [0.2, 0.25) is 5.91 Å². The molecule has 104 valence electrons. The van der Waals surface area contributed by atoms with Crippen LogP contribution in [0.1, 0.15) is 27.2 Å². The quantitative estimate of drug-likeness (QED) is 0.695. The highest BCUT2D eigenvalue weighted by Crippen LogP contribution is 2.08. The Morgan fingerprint density at radius 1 is 1.00 bits per heavy atom. The van der Waals surface area contributed by atoms with Crippen molar-refractivity contribution < 1.29 is 14.7 Å². The molecular formula is C13H24N2O3. The predicted molar refractivity (Wildman–Crippen MR) is 71.4 cm³/mol. The van der Waals surface area contributed by atoms with Crippen molar-refractivity contribution >= 4 is 11.9 Å². The molecule has 0 saturated heterocycles. The average Bonchev–Trinajstić information content (AvgIpc) is 2.31. The molecule has 0 aromatic carbocycles. The van der Waals surface area contributed by atoms with Crippen LogP contribution in [0.4, 0.5) is 0 Å². The third-order valence-corrected chi connectivity index (χ3v) is 2.80. The first kappa shape index (κ1) is 16.6. The van der Waals surface area contributed by atoms with E-state index in [1.807, 2.05) is 25.9 Å². The maximum Gasteiger partial charge on any atom is 0.331 e. The molecule has 5 heteroatoms. The lowest BCUT2D eigenvalue weighted by atomic mass is 10.1. The van der Waals surface area contributed by atoms with Crippen LogP contribution in [0, 0.1) is 0 Å². The number of carbonyl (C=O) groups is 2. The summed E-state index contributed by atoms with van der Waals surface area (Å²) in [7, 11) is 3.89. The molecule has 0 radical (unpaired) electrons. The van der Waals surface area contributed by atoms with Crippen LogP contribution in [0.15, 0.2) is 11.1 Å². The van der Waals surface area contributed by atoms with Crippen molar-refractivity contribution in [2.45, 2.75) is 27.2 Å². The summed E-state index contributed by atoms with van der Waals surface area (Å²) in [4.78, 5) is 26.7. The third kappa shape index (κ3) is 5.31. The Kier molecular flexibility index (Phi) is 7.27. The summed E-state index contributed by atoms with van der Waals surface area (Å²) in [6, 6.07) is 0. The highest BCUT2D eigenvalue weighted by molar-refractivity contribution is 6.01. The number of hydrogen-bond donors (Lipinski definition) is 1. The zero-order valence-electron chi connectivity index (χ0n) is 12.0. The molecule has 0 rings (SSSR count). The summed E-state index contributed by atoms with van der Waals surface area (Å²) in [6.45, 7) is 7.07. The summed E-state index contributed by atoms with van der Waals surface area (Å²) in [5, 5.41) is 8.89. The van der Waals surface area contributed by atoms with E-state index < -0.39 is 5.97 Å². The lowest BCUT2D eigenvalue weighted by Crippen LogP contribution is -2.38. The summed E-state index contributed by atoms with van der Waals surface area (Å²) >= 11 is 0. The number of carboxylic acids is 1. The van der Waals surface area contributed by atoms with E-state index in [0.717, 1.165) is 13.0 Å². The van der Waals surface area contributed by atoms with E-state index in [4.69, 9.17) is 5.11 Å². The van der Waals surface area contributed by atoms with Gasteiger partial charge in [-0.1, -0.05) is 6.92 Å². The predicted octanol–water partition coefficient (Wildman–Crippen LogP) is 1.21. The van der Waals surface area contributed by atoms with Gasteiger partial charge >= 0.3 is 5.97 Å². The van der Waals surface area contributed by atoms with Gasteiger partial charge in [-0.2, -0.15) is 0 Å². The SMILES string of the molecule is CCCN(CCN(C)C)C(=O)C(C)=C(C)C(=O)O. The lowest BCUT2D eigenvalue weighted by Gasteiger charge is -2.24. The van der Waals surface area contributed by atoms with Gasteiger partial charge in [0.25, 0.3) is 0 Å². The summed E-state index contributed by atoms with van der Waals surface area (Å²) < 4.78 is 0. The molecule has 18 heavy (non-hydrogen) atoms. The Morgan fingerprint density at radius 3 is 1.94 bits per heavy atom. The Morgan fingerprint density at radius 2 is 1.56 bits per heavy atom. The molecule has 0 unspecified atom stereocenters. The smallest absolute Gasteiger partial charge is 0.331 e. The van der Waals surface area contributed by atoms with Crippen LogP contribution >= 0.6 is 0 Å². The standard InChI is InChI=1S/C13H24N2O3/c1-6-7-15(9-8-14(4)5)12(16)10(2)11(3)13(17)18/h6-9H2,1-5H3,(H,17,18). The molecule has 0 bridgehead atoms. The molecule has 0 aromatic rings. The molecule has 0 fully saturated rings. The second kappa shape index (κ2) is 7.87. The number of amides is 1. The van der Waals surface area contributed by atoms with Gasteiger partial charge in [0, 0.05) is 30.8 Å². The van der Waals surface area contributed by atoms with Crippen LogP contribution in [-0.4, -0.2) is 60.5 Å². The number of nitrogens with zero attached hydrogens (tertiary/aromatic N) is 2. The van der Waals surface area contributed by atoms with Crippen LogP contribution in [0.3, 0.4) is 0 Å². The highest BCUT2D eigenvalue weighted by Gasteiger charge is 2.18. The van der Waals surface area contributed by atoms with Crippen LogP contribution in [0.2, 0.25) is 0 Å². The van der Waals surface area contributed by atoms with E-state index in [2.05, 4.69) is 0 Å². The summed E-state index contributed by atoms with van der Waals surface area (Å²) in [5.41, 5.74) is 0.431. The first-order valence-corrected chi connectivity index (χ1v) is 6.16. The molecule has 0 aliphatic heterocycles. The molecule has 0 aromatic heterocycles. The topological polar surface area (TPSA) is 60.9 Å². The van der Waals surface area contributed by atoms with Gasteiger partial charge in [-0.05, 0) is 34.4 Å². The second-order valence-corrected chi connectivity index (χ2v) is 4.65. The van der Waals surface area contributed by atoms with Gasteiger partial charge in [0.15, 0.2) is 0 Å². The Hall–Kier alpha value is -1.36. The van der Waals surface area contributed by atoms with Gasteiger partial charge in [0.05, 0.1) is 0 Å². The Bertz CT molecular complexity index is 335. The van der Waals surface area contributed by atoms with E-state index in [9.17, 15) is 9.59 Å². The molecule has 5 nitrogen and oxygen atoms in total. The van der Waals surface area contributed by atoms with E-state index in [1.54, 1.807) is 11.8 Å². The molecule has 0 saturated carbocycles. The minimum Gasteiger partial charge on any atom is -0.478 e. The van der Waals surface area contributed by atoms with Crippen LogP contribution < -0.4 is 0 Å². The van der Waals surface area contributed by atoms with Crippen molar-refractivity contribution in [3.63, 3.8) is 0 Å². The largest absolute Gasteiger partial charge is 0.478 e. The van der Waals surface area contributed by atoms with Crippen LogP contribution in [-0.2, 0) is 9.59 Å². The van der Waals surface area contributed by atoms with Crippen molar-refractivity contribution in [3.8, 4) is 0 Å². The molecule has 0 atom stereocenters. The van der Waals surface area contributed by atoms with Crippen molar-refractivity contribution in [2.24, 2.45) is 0 Å². The number of likely N-dealkylation sites (N-methyl/N-ethyl adjacent to an activating group) is 1. The fourth-order valence-corrected chi connectivity index (χ4v) is 1.46. The summed E-state index contributed by atoms with van der Waals surface area (Å²) in [6.07, 6.45) is 0.860. The fraction of sp³-hybridized carbons (Fsp3) is 0.692. The van der Waals surface area contributed by atoms with E-state index in [0.29, 0.717) is 18.7 Å². The first-order valence-electron chi connectivity index (χ1n) is 6.16. The molecule has 0 spiro atoms. The van der Waals surface area contributed by atoms with Gasteiger partial charge in [-0.25, -0.2) is 4.79 Å². The van der Waals surface area contributed by atoms with E-state index >= 15 is 0 Å². The minimum atomic E-state index is -1.04. The fourth-order valence-electron chi connectivity index (χ4n) is 1.46. The number of rotatable bonds is 7. The zero-order chi connectivity index (χ0) is 14.3. The van der Waals surface area contributed by atoms with Crippen molar-refractivity contribution in [1.82, 2.24) is 9.80 Å². The maximum absolute atomic E-state index is 12.2. The van der Waals surface area contributed by atoms with Crippen LogP contribution in [0.5, 0.6) is 0 Å². The third-order valence-electron chi connectivity index (χ3n) is 2.80. The molecule has 0 aliphatic carbocycles. The number of aliphatic carboxylic acids is 1. The van der Waals surface area contributed by atoms with Gasteiger partial charge in [-0.3, -0.25) is 4.79 Å². The van der Waals surface area contributed by atoms with E-state index in [-0.39, 0.29) is 11.5 Å². The lowest BCUT2D eigenvalue weighted by molar-refractivity contribution is -0.134. The average molecular weight is 256 g/mol. The summed E-state index contributed by atoms with van der Waals surface area (Å²) in [5.74, 6) is -1.22. The van der Waals surface area contributed by atoms with Gasteiger partial charge in [0.1, 0.15) is 0 Å². The molecule has 1 amide bonds.